The first kappa shape index (κ1) is 23.7. The molecule has 1 aliphatic rings. The molecule has 1 fully saturated rings. The predicted octanol–water partition coefficient (Wildman–Crippen LogP) is 1.31. The molecule has 172 valence electrons. The van der Waals surface area contributed by atoms with Gasteiger partial charge in [0.2, 0.25) is 21.8 Å². The number of benzene rings is 1. The number of ether oxygens (including phenoxy) is 1. The average molecular weight is 461 g/mol. The topological polar surface area (TPSA) is 118 Å². The Morgan fingerprint density at radius 3 is 2.66 bits per heavy atom. The number of hydrogen-bond donors (Lipinski definition) is 2. The number of aromatic nitrogens is 1. The second kappa shape index (κ2) is 10.6. The second-order valence-corrected chi connectivity index (χ2v) is 9.63. The van der Waals surface area contributed by atoms with Gasteiger partial charge in [0.25, 0.3) is 0 Å². The first-order chi connectivity index (χ1) is 15.3. The molecule has 0 unspecified atom stereocenters. The summed E-state index contributed by atoms with van der Waals surface area (Å²) in [6.45, 7) is 2.33. The summed E-state index contributed by atoms with van der Waals surface area (Å²) in [7, 11) is -2.21. The molecule has 9 nitrogen and oxygen atoms in total. The van der Waals surface area contributed by atoms with E-state index in [0.717, 1.165) is 5.56 Å². The zero-order valence-electron chi connectivity index (χ0n) is 18.2. The van der Waals surface area contributed by atoms with Crippen LogP contribution in [-0.4, -0.2) is 55.8 Å². The molecule has 0 radical (unpaired) electrons. The summed E-state index contributed by atoms with van der Waals surface area (Å²) in [4.78, 5) is 29.2. The standard InChI is InChI=1S/C22H28N4O5S/c1-16(21(27)24-14-17-5-3-11-23-13-17)25-22(28)18-6-4-12-26(15-18)32(29,30)20-9-7-19(31-2)8-10-20/h3,5,7-11,13,16,18H,4,6,12,14-15H2,1-2H3,(H,24,27)(H,25,28)/t16-,18+/m1/s1. The lowest BCUT2D eigenvalue weighted by Crippen LogP contribution is -2.50. The van der Waals surface area contributed by atoms with Gasteiger partial charge in [0, 0.05) is 32.0 Å². The van der Waals surface area contributed by atoms with E-state index >= 15 is 0 Å². The molecule has 0 aliphatic carbocycles. The van der Waals surface area contributed by atoms with Crippen molar-refractivity contribution in [3.63, 3.8) is 0 Å². The van der Waals surface area contributed by atoms with Gasteiger partial charge in [0.15, 0.2) is 0 Å². The third-order valence-corrected chi connectivity index (χ3v) is 7.27. The Morgan fingerprint density at radius 2 is 2.00 bits per heavy atom. The molecule has 0 spiro atoms. The molecule has 0 saturated carbocycles. The summed E-state index contributed by atoms with van der Waals surface area (Å²) < 4.78 is 32.4. The van der Waals surface area contributed by atoms with E-state index in [1.165, 1.54) is 23.5 Å². The summed E-state index contributed by atoms with van der Waals surface area (Å²) in [6, 6.07) is 9.05. The fraction of sp³-hybridized carbons (Fsp3) is 0.409. The Hall–Kier alpha value is -2.98. The number of methoxy groups -OCH3 is 1. The first-order valence-corrected chi connectivity index (χ1v) is 11.9. The van der Waals surface area contributed by atoms with Crippen molar-refractivity contribution in [2.24, 2.45) is 5.92 Å². The highest BCUT2D eigenvalue weighted by Crippen LogP contribution is 2.25. The van der Waals surface area contributed by atoms with Gasteiger partial charge in [-0.05, 0) is 55.7 Å². The van der Waals surface area contributed by atoms with Gasteiger partial charge in [-0.3, -0.25) is 14.6 Å². The summed E-state index contributed by atoms with van der Waals surface area (Å²) in [5.41, 5.74) is 0.853. The molecule has 1 saturated heterocycles. The number of piperidine rings is 1. The van der Waals surface area contributed by atoms with E-state index < -0.39 is 22.0 Å². The van der Waals surface area contributed by atoms with E-state index in [-0.39, 0.29) is 23.3 Å². The monoisotopic (exact) mass is 460 g/mol. The predicted molar refractivity (Wildman–Crippen MR) is 118 cm³/mol. The molecule has 1 aromatic heterocycles. The van der Waals surface area contributed by atoms with Crippen LogP contribution in [0.3, 0.4) is 0 Å². The van der Waals surface area contributed by atoms with Crippen LogP contribution in [-0.2, 0) is 26.2 Å². The molecular formula is C22H28N4O5S. The fourth-order valence-corrected chi connectivity index (χ4v) is 5.04. The minimum absolute atomic E-state index is 0.0736. The van der Waals surface area contributed by atoms with Crippen LogP contribution in [0.1, 0.15) is 25.3 Å². The minimum Gasteiger partial charge on any atom is -0.497 e. The highest BCUT2D eigenvalue weighted by Gasteiger charge is 2.34. The van der Waals surface area contributed by atoms with Crippen LogP contribution in [0.4, 0.5) is 0 Å². The van der Waals surface area contributed by atoms with Crippen LogP contribution in [0.2, 0.25) is 0 Å². The molecule has 1 aliphatic heterocycles. The molecule has 2 N–H and O–H groups in total. The normalized spacial score (nSPS) is 17.9. The van der Waals surface area contributed by atoms with Crippen molar-refractivity contribution >= 4 is 21.8 Å². The lowest BCUT2D eigenvalue weighted by atomic mass is 9.98. The summed E-state index contributed by atoms with van der Waals surface area (Å²) in [5.74, 6) is -0.606. The van der Waals surface area contributed by atoms with Crippen molar-refractivity contribution in [3.05, 3.63) is 54.4 Å². The molecule has 1 aromatic carbocycles. The van der Waals surface area contributed by atoms with Gasteiger partial charge < -0.3 is 15.4 Å². The molecule has 0 bridgehead atoms. The number of sulfonamides is 1. The third kappa shape index (κ3) is 5.83. The van der Waals surface area contributed by atoms with Gasteiger partial charge in [-0.15, -0.1) is 0 Å². The van der Waals surface area contributed by atoms with Gasteiger partial charge in [0.05, 0.1) is 17.9 Å². The smallest absolute Gasteiger partial charge is 0.243 e. The first-order valence-electron chi connectivity index (χ1n) is 10.4. The Labute approximate surface area is 188 Å². The Morgan fingerprint density at radius 1 is 1.25 bits per heavy atom. The number of rotatable bonds is 8. The number of amides is 2. The van der Waals surface area contributed by atoms with Crippen LogP contribution < -0.4 is 15.4 Å². The number of hydrogen-bond acceptors (Lipinski definition) is 6. The second-order valence-electron chi connectivity index (χ2n) is 7.69. The molecule has 2 atom stereocenters. The van der Waals surface area contributed by atoms with Crippen LogP contribution in [0.15, 0.2) is 53.7 Å². The quantitative estimate of drug-likeness (QED) is 0.613. The van der Waals surface area contributed by atoms with Crippen molar-refractivity contribution in [1.29, 1.82) is 0 Å². The molecule has 2 heterocycles. The summed E-state index contributed by atoms with van der Waals surface area (Å²) in [6.07, 6.45) is 4.43. The van der Waals surface area contributed by atoms with E-state index in [9.17, 15) is 18.0 Å². The Bertz CT molecular complexity index is 1030. The van der Waals surface area contributed by atoms with E-state index in [1.807, 2.05) is 6.07 Å². The molecular weight excluding hydrogens is 432 g/mol. The van der Waals surface area contributed by atoms with Crippen LogP contribution in [0.5, 0.6) is 5.75 Å². The van der Waals surface area contributed by atoms with Crippen molar-refractivity contribution in [3.8, 4) is 5.75 Å². The summed E-state index contributed by atoms with van der Waals surface area (Å²) >= 11 is 0. The lowest BCUT2D eigenvalue weighted by molar-refractivity contribution is -0.131. The largest absolute Gasteiger partial charge is 0.497 e. The Balaban J connectivity index is 1.56. The van der Waals surface area contributed by atoms with E-state index in [4.69, 9.17) is 4.74 Å². The fourth-order valence-electron chi connectivity index (χ4n) is 3.51. The zero-order valence-corrected chi connectivity index (χ0v) is 19.0. The third-order valence-electron chi connectivity index (χ3n) is 5.39. The molecule has 32 heavy (non-hydrogen) atoms. The number of carbonyl (C=O) groups excluding carboxylic acids is 2. The van der Waals surface area contributed by atoms with E-state index in [0.29, 0.717) is 31.7 Å². The van der Waals surface area contributed by atoms with Crippen LogP contribution >= 0.6 is 0 Å². The lowest BCUT2D eigenvalue weighted by Gasteiger charge is -2.31. The van der Waals surface area contributed by atoms with E-state index in [2.05, 4.69) is 15.6 Å². The highest BCUT2D eigenvalue weighted by molar-refractivity contribution is 7.89. The van der Waals surface area contributed by atoms with Crippen molar-refractivity contribution < 1.29 is 22.7 Å². The van der Waals surface area contributed by atoms with Crippen LogP contribution in [0.25, 0.3) is 0 Å². The van der Waals surface area contributed by atoms with E-state index in [1.54, 1.807) is 37.5 Å². The van der Waals surface area contributed by atoms with Crippen molar-refractivity contribution in [2.75, 3.05) is 20.2 Å². The van der Waals surface area contributed by atoms with Gasteiger partial charge in [0.1, 0.15) is 11.8 Å². The maximum absolute atomic E-state index is 13.0. The number of nitrogens with zero attached hydrogens (tertiary/aromatic N) is 2. The minimum atomic E-state index is -3.72. The van der Waals surface area contributed by atoms with Gasteiger partial charge in [-0.1, -0.05) is 6.07 Å². The number of pyridine rings is 1. The number of carbonyl (C=O) groups is 2. The summed E-state index contributed by atoms with van der Waals surface area (Å²) in [5, 5.41) is 5.47. The molecule has 2 aromatic rings. The Kier molecular flexibility index (Phi) is 7.81. The zero-order chi connectivity index (χ0) is 23.1. The maximum Gasteiger partial charge on any atom is 0.243 e. The maximum atomic E-state index is 13.0. The van der Waals surface area contributed by atoms with Crippen molar-refractivity contribution in [1.82, 2.24) is 19.9 Å². The average Bonchev–Trinajstić information content (AvgIpc) is 2.83. The van der Waals surface area contributed by atoms with Gasteiger partial charge in [-0.2, -0.15) is 4.31 Å². The van der Waals surface area contributed by atoms with Gasteiger partial charge >= 0.3 is 0 Å². The van der Waals surface area contributed by atoms with Crippen molar-refractivity contribution in [2.45, 2.75) is 37.2 Å². The highest BCUT2D eigenvalue weighted by atomic mass is 32.2. The molecule has 3 rings (SSSR count). The SMILES string of the molecule is COc1ccc(S(=O)(=O)N2CCC[C@H](C(=O)N[C@H](C)C(=O)NCc3cccnc3)C2)cc1. The van der Waals surface area contributed by atoms with Crippen LogP contribution in [0, 0.1) is 5.92 Å². The number of nitrogens with one attached hydrogen (secondary N) is 2. The molecule has 10 heteroatoms. The van der Waals surface area contributed by atoms with Gasteiger partial charge in [-0.25, -0.2) is 8.42 Å². The molecule has 2 amide bonds.